The van der Waals surface area contributed by atoms with Crippen LogP contribution in [0.1, 0.15) is 20.3 Å². The van der Waals surface area contributed by atoms with E-state index in [9.17, 15) is 4.79 Å². The first-order valence-corrected chi connectivity index (χ1v) is 4.98. The fourth-order valence-electron chi connectivity index (χ4n) is 1.11. The number of rotatable bonds is 4. The summed E-state index contributed by atoms with van der Waals surface area (Å²) in [5.74, 6) is -0.341. The van der Waals surface area contributed by atoms with Gasteiger partial charge in [0.1, 0.15) is 5.00 Å². The Labute approximate surface area is 86.5 Å². The lowest BCUT2D eigenvalue weighted by molar-refractivity contribution is -0.118. The molecule has 5 N–H and O–H groups in total. The zero-order valence-electron chi connectivity index (χ0n) is 8.20. The van der Waals surface area contributed by atoms with Crippen LogP contribution in [0.15, 0.2) is 6.20 Å². The number of primary amides is 1. The predicted molar refractivity (Wildman–Crippen MR) is 58.0 cm³/mol. The molecule has 1 aromatic rings. The Hall–Kier alpha value is -1.30. The SMILES string of the molecule is CC(C)(CC(N)=O)Nc1ncc(N)s1. The van der Waals surface area contributed by atoms with E-state index in [1.54, 1.807) is 6.20 Å². The third-order valence-electron chi connectivity index (χ3n) is 1.59. The van der Waals surface area contributed by atoms with Crippen molar-refractivity contribution >= 4 is 27.4 Å². The fourth-order valence-corrected chi connectivity index (χ4v) is 1.88. The molecule has 1 amide bonds. The van der Waals surface area contributed by atoms with E-state index in [0.29, 0.717) is 10.1 Å². The van der Waals surface area contributed by atoms with Crippen molar-refractivity contribution in [1.29, 1.82) is 0 Å². The molecule has 0 saturated heterocycles. The molecular formula is C8H14N4OS. The Kier molecular flexibility index (Phi) is 2.95. The Bertz CT molecular complexity index is 334. The van der Waals surface area contributed by atoms with Crippen molar-refractivity contribution < 1.29 is 4.79 Å². The highest BCUT2D eigenvalue weighted by molar-refractivity contribution is 7.19. The molecule has 6 heteroatoms. The monoisotopic (exact) mass is 214 g/mol. The van der Waals surface area contributed by atoms with Crippen molar-refractivity contribution in [3.05, 3.63) is 6.20 Å². The summed E-state index contributed by atoms with van der Waals surface area (Å²) in [6.07, 6.45) is 1.83. The topological polar surface area (TPSA) is 94.0 Å². The second-order valence-electron chi connectivity index (χ2n) is 3.72. The molecule has 1 rings (SSSR count). The van der Waals surface area contributed by atoms with Gasteiger partial charge < -0.3 is 16.8 Å². The van der Waals surface area contributed by atoms with Crippen molar-refractivity contribution in [2.24, 2.45) is 5.73 Å². The van der Waals surface area contributed by atoms with Crippen LogP contribution >= 0.6 is 11.3 Å². The van der Waals surface area contributed by atoms with E-state index in [4.69, 9.17) is 11.5 Å². The van der Waals surface area contributed by atoms with Gasteiger partial charge in [-0.25, -0.2) is 4.98 Å². The van der Waals surface area contributed by atoms with Gasteiger partial charge in [0.05, 0.1) is 6.20 Å². The molecule has 0 saturated carbocycles. The van der Waals surface area contributed by atoms with Crippen LogP contribution < -0.4 is 16.8 Å². The third kappa shape index (κ3) is 3.21. The first kappa shape index (κ1) is 10.8. The molecule has 0 bridgehead atoms. The molecule has 1 heterocycles. The minimum Gasteiger partial charge on any atom is -0.389 e. The van der Waals surface area contributed by atoms with Gasteiger partial charge >= 0.3 is 0 Å². The normalized spacial score (nSPS) is 11.3. The number of nitrogen functional groups attached to an aromatic ring is 1. The first-order valence-electron chi connectivity index (χ1n) is 4.17. The molecule has 0 unspecified atom stereocenters. The fraction of sp³-hybridized carbons (Fsp3) is 0.500. The van der Waals surface area contributed by atoms with Crippen LogP contribution in [0.3, 0.4) is 0 Å². The van der Waals surface area contributed by atoms with E-state index in [1.165, 1.54) is 11.3 Å². The van der Waals surface area contributed by atoms with Crippen molar-refractivity contribution in [3.8, 4) is 0 Å². The van der Waals surface area contributed by atoms with E-state index in [-0.39, 0.29) is 12.3 Å². The lowest BCUT2D eigenvalue weighted by Gasteiger charge is -2.23. The average molecular weight is 214 g/mol. The molecule has 0 spiro atoms. The van der Waals surface area contributed by atoms with E-state index in [1.807, 2.05) is 13.8 Å². The molecule has 0 aromatic carbocycles. The maximum Gasteiger partial charge on any atom is 0.219 e. The standard InChI is InChI=1S/C8H14N4OS/c1-8(2,3-5(9)13)12-7-11-4-6(10)14-7/h4H,3,10H2,1-2H3,(H2,9,13)(H,11,12). The van der Waals surface area contributed by atoms with Gasteiger partial charge in [0.2, 0.25) is 5.91 Å². The Balaban J connectivity index is 2.63. The van der Waals surface area contributed by atoms with E-state index < -0.39 is 5.54 Å². The summed E-state index contributed by atoms with van der Waals surface area (Å²) in [6.45, 7) is 3.77. The lowest BCUT2D eigenvalue weighted by Crippen LogP contribution is -2.35. The molecule has 5 nitrogen and oxygen atoms in total. The highest BCUT2D eigenvalue weighted by Gasteiger charge is 2.21. The lowest BCUT2D eigenvalue weighted by atomic mass is 10.0. The Morgan fingerprint density at radius 1 is 1.71 bits per heavy atom. The molecule has 0 fully saturated rings. The van der Waals surface area contributed by atoms with Gasteiger partial charge in [-0.2, -0.15) is 0 Å². The number of anilines is 2. The van der Waals surface area contributed by atoms with Crippen LogP contribution in [0.4, 0.5) is 10.1 Å². The number of nitrogens with two attached hydrogens (primary N) is 2. The summed E-state index contributed by atoms with van der Waals surface area (Å²) in [6, 6.07) is 0. The minimum absolute atomic E-state index is 0.256. The molecule has 0 atom stereocenters. The van der Waals surface area contributed by atoms with Crippen molar-refractivity contribution in [2.45, 2.75) is 25.8 Å². The number of hydrogen-bond donors (Lipinski definition) is 3. The average Bonchev–Trinajstić information content (AvgIpc) is 2.30. The van der Waals surface area contributed by atoms with Gasteiger partial charge in [-0.3, -0.25) is 4.79 Å². The van der Waals surface area contributed by atoms with Crippen LogP contribution in [0.5, 0.6) is 0 Å². The summed E-state index contributed by atoms with van der Waals surface area (Å²) in [7, 11) is 0. The largest absolute Gasteiger partial charge is 0.389 e. The van der Waals surface area contributed by atoms with Crippen molar-refractivity contribution in [3.63, 3.8) is 0 Å². The van der Waals surface area contributed by atoms with Gasteiger partial charge in [-0.15, -0.1) is 0 Å². The summed E-state index contributed by atoms with van der Waals surface area (Å²) >= 11 is 1.35. The minimum atomic E-state index is -0.393. The van der Waals surface area contributed by atoms with Crippen LogP contribution in [0.25, 0.3) is 0 Å². The molecule has 0 radical (unpaired) electrons. The molecule has 0 aliphatic carbocycles. The zero-order chi connectivity index (χ0) is 10.8. The molecule has 1 aromatic heterocycles. The molecular weight excluding hydrogens is 200 g/mol. The van der Waals surface area contributed by atoms with E-state index in [2.05, 4.69) is 10.3 Å². The number of nitrogens with one attached hydrogen (secondary N) is 1. The number of aromatic nitrogens is 1. The molecule has 0 aliphatic rings. The number of carbonyl (C=O) groups is 1. The van der Waals surface area contributed by atoms with Crippen LogP contribution in [-0.4, -0.2) is 16.4 Å². The number of thiazole rings is 1. The smallest absolute Gasteiger partial charge is 0.219 e. The maximum absolute atomic E-state index is 10.8. The van der Waals surface area contributed by atoms with Gasteiger partial charge in [-0.1, -0.05) is 11.3 Å². The molecule has 78 valence electrons. The highest BCUT2D eigenvalue weighted by atomic mass is 32.1. The zero-order valence-corrected chi connectivity index (χ0v) is 9.02. The summed E-state index contributed by atoms with van der Waals surface area (Å²) in [5.41, 5.74) is 10.2. The highest BCUT2D eigenvalue weighted by Crippen LogP contribution is 2.24. The van der Waals surface area contributed by atoms with Gasteiger partial charge in [-0.05, 0) is 13.8 Å². The second-order valence-corrected chi connectivity index (χ2v) is 4.78. The van der Waals surface area contributed by atoms with Crippen molar-refractivity contribution in [2.75, 3.05) is 11.1 Å². The number of carbonyl (C=O) groups excluding carboxylic acids is 1. The third-order valence-corrected chi connectivity index (χ3v) is 2.33. The Morgan fingerprint density at radius 3 is 2.79 bits per heavy atom. The summed E-state index contributed by atoms with van der Waals surface area (Å²) < 4.78 is 0. The van der Waals surface area contributed by atoms with Gasteiger partial charge in [0.15, 0.2) is 5.13 Å². The van der Waals surface area contributed by atoms with Crippen LogP contribution in [-0.2, 0) is 4.79 Å². The number of nitrogens with zero attached hydrogens (tertiary/aromatic N) is 1. The van der Waals surface area contributed by atoms with Crippen molar-refractivity contribution in [1.82, 2.24) is 4.98 Å². The van der Waals surface area contributed by atoms with Gasteiger partial charge in [0.25, 0.3) is 0 Å². The van der Waals surface area contributed by atoms with Gasteiger partial charge in [0, 0.05) is 12.0 Å². The number of amides is 1. The Morgan fingerprint density at radius 2 is 2.36 bits per heavy atom. The molecule has 0 aliphatic heterocycles. The second kappa shape index (κ2) is 3.83. The van der Waals surface area contributed by atoms with Crippen LogP contribution in [0.2, 0.25) is 0 Å². The first-order chi connectivity index (χ1) is 6.39. The summed E-state index contributed by atoms with van der Waals surface area (Å²) in [5, 5.41) is 4.44. The maximum atomic E-state index is 10.8. The predicted octanol–water partition coefficient (Wildman–Crippen LogP) is 0.791. The van der Waals surface area contributed by atoms with E-state index >= 15 is 0 Å². The van der Waals surface area contributed by atoms with Crippen LogP contribution in [0, 0.1) is 0 Å². The van der Waals surface area contributed by atoms with E-state index in [0.717, 1.165) is 0 Å². The quantitative estimate of drug-likeness (QED) is 0.690. The summed E-state index contributed by atoms with van der Waals surface area (Å²) in [4.78, 5) is 14.8. The molecule has 14 heavy (non-hydrogen) atoms. The number of hydrogen-bond acceptors (Lipinski definition) is 5.